The second-order valence-corrected chi connectivity index (χ2v) is 4.65. The van der Waals surface area contributed by atoms with Gasteiger partial charge in [0.1, 0.15) is 0 Å². The third-order valence-electron chi connectivity index (χ3n) is 3.74. The number of nitriles is 1. The topological polar surface area (TPSA) is 35.8 Å². The Balaban J connectivity index is 1.92. The molecule has 1 aromatic rings. The molecular weight excluding hydrogens is 196 g/mol. The van der Waals surface area contributed by atoms with E-state index in [9.17, 15) is 0 Å². The van der Waals surface area contributed by atoms with Crippen LogP contribution in [-0.4, -0.2) is 5.54 Å². The van der Waals surface area contributed by atoms with E-state index < -0.39 is 0 Å². The number of nitrogens with zero attached hydrogens (tertiary/aromatic N) is 1. The van der Waals surface area contributed by atoms with Gasteiger partial charge in [0, 0.05) is 12.1 Å². The van der Waals surface area contributed by atoms with Crippen LogP contribution in [0.4, 0.5) is 0 Å². The lowest BCUT2D eigenvalue weighted by molar-refractivity contribution is 0.175. The summed E-state index contributed by atoms with van der Waals surface area (Å²) in [6.45, 7) is 3.17. The van der Waals surface area contributed by atoms with E-state index in [1.165, 1.54) is 31.2 Å². The molecule has 1 N–H and O–H groups in total. The first-order valence-electron chi connectivity index (χ1n) is 6.02. The van der Waals surface area contributed by atoms with Crippen LogP contribution >= 0.6 is 0 Å². The second kappa shape index (κ2) is 4.67. The van der Waals surface area contributed by atoms with Gasteiger partial charge in [-0.2, -0.15) is 5.26 Å². The molecule has 0 atom stereocenters. The highest BCUT2D eigenvalue weighted by Gasteiger charge is 2.33. The highest BCUT2D eigenvalue weighted by atomic mass is 15.0. The molecule has 16 heavy (non-hydrogen) atoms. The third kappa shape index (κ3) is 2.25. The summed E-state index contributed by atoms with van der Waals surface area (Å²) in [5, 5.41) is 12.4. The van der Waals surface area contributed by atoms with E-state index in [4.69, 9.17) is 5.26 Å². The van der Waals surface area contributed by atoms with Crippen LogP contribution in [0.2, 0.25) is 0 Å². The predicted molar refractivity (Wildman–Crippen MR) is 64.9 cm³/mol. The molecule has 2 nitrogen and oxygen atoms in total. The van der Waals surface area contributed by atoms with Crippen LogP contribution in [0.25, 0.3) is 0 Å². The molecule has 1 aliphatic rings. The summed E-state index contributed by atoms with van der Waals surface area (Å²) >= 11 is 0. The lowest BCUT2D eigenvalue weighted by Gasteiger charge is -2.42. The van der Waals surface area contributed by atoms with Crippen molar-refractivity contribution in [2.24, 2.45) is 0 Å². The van der Waals surface area contributed by atoms with Gasteiger partial charge in [0.2, 0.25) is 0 Å². The molecule has 2 rings (SSSR count). The van der Waals surface area contributed by atoms with Gasteiger partial charge >= 0.3 is 0 Å². The Morgan fingerprint density at radius 2 is 2.00 bits per heavy atom. The van der Waals surface area contributed by atoms with Crippen LogP contribution < -0.4 is 5.32 Å². The van der Waals surface area contributed by atoms with Gasteiger partial charge in [-0.3, -0.25) is 0 Å². The Bertz CT molecular complexity index is 377. The predicted octanol–water partition coefficient (Wildman–Crippen LogP) is 2.98. The van der Waals surface area contributed by atoms with E-state index in [-0.39, 0.29) is 0 Å². The normalized spacial score (nSPS) is 17.5. The smallest absolute Gasteiger partial charge is 0.0991 e. The van der Waals surface area contributed by atoms with E-state index in [2.05, 4.69) is 18.3 Å². The molecule has 1 saturated carbocycles. The largest absolute Gasteiger partial charge is 0.307 e. The quantitative estimate of drug-likeness (QED) is 0.836. The Hall–Kier alpha value is -1.33. The van der Waals surface area contributed by atoms with Crippen molar-refractivity contribution < 1.29 is 0 Å². The molecule has 0 heterocycles. The molecule has 0 bridgehead atoms. The highest BCUT2D eigenvalue weighted by molar-refractivity contribution is 5.31. The molecule has 84 valence electrons. The fraction of sp³-hybridized carbons (Fsp3) is 0.500. The summed E-state index contributed by atoms with van der Waals surface area (Å²) < 4.78 is 0. The van der Waals surface area contributed by atoms with E-state index >= 15 is 0 Å². The van der Waals surface area contributed by atoms with Gasteiger partial charge in [0.15, 0.2) is 0 Å². The van der Waals surface area contributed by atoms with E-state index in [0.717, 1.165) is 12.1 Å². The van der Waals surface area contributed by atoms with Gasteiger partial charge in [-0.25, -0.2) is 0 Å². The highest BCUT2D eigenvalue weighted by Crippen LogP contribution is 2.34. The van der Waals surface area contributed by atoms with Crippen molar-refractivity contribution >= 4 is 0 Å². The Kier molecular flexibility index (Phi) is 3.26. The summed E-state index contributed by atoms with van der Waals surface area (Å²) in [4.78, 5) is 0. The maximum Gasteiger partial charge on any atom is 0.0991 e. The van der Waals surface area contributed by atoms with Crippen LogP contribution in [0.1, 0.15) is 43.7 Å². The molecule has 1 aliphatic carbocycles. The first-order chi connectivity index (χ1) is 7.78. The van der Waals surface area contributed by atoms with Crippen LogP contribution in [0.5, 0.6) is 0 Å². The number of rotatable bonds is 4. The summed E-state index contributed by atoms with van der Waals surface area (Å²) in [6.07, 6.45) is 5.18. The van der Waals surface area contributed by atoms with Crippen LogP contribution in [-0.2, 0) is 6.54 Å². The first kappa shape index (κ1) is 11.2. The molecule has 0 spiro atoms. The standard InChI is InChI=1S/C14H18N2/c1-2-14(8-3-9-14)16-11-13-6-4-12(10-15)5-7-13/h4-7,16H,2-3,8-9,11H2,1H3. The van der Waals surface area contributed by atoms with Gasteiger partial charge in [-0.15, -0.1) is 0 Å². The van der Waals surface area contributed by atoms with Crippen LogP contribution in [0.15, 0.2) is 24.3 Å². The maximum absolute atomic E-state index is 8.71. The number of benzene rings is 1. The Morgan fingerprint density at radius 1 is 1.31 bits per heavy atom. The van der Waals surface area contributed by atoms with E-state index in [1.807, 2.05) is 24.3 Å². The molecule has 0 aliphatic heterocycles. The molecule has 0 unspecified atom stereocenters. The number of hydrogen-bond acceptors (Lipinski definition) is 2. The van der Waals surface area contributed by atoms with Gasteiger partial charge in [0.25, 0.3) is 0 Å². The molecule has 0 aromatic heterocycles. The van der Waals surface area contributed by atoms with Crippen LogP contribution in [0.3, 0.4) is 0 Å². The molecule has 0 radical (unpaired) electrons. The Morgan fingerprint density at radius 3 is 2.44 bits per heavy atom. The second-order valence-electron chi connectivity index (χ2n) is 4.65. The SMILES string of the molecule is CCC1(NCc2ccc(C#N)cc2)CCC1. The van der Waals surface area contributed by atoms with Crippen molar-refractivity contribution in [3.05, 3.63) is 35.4 Å². The van der Waals surface area contributed by atoms with Crippen molar-refractivity contribution in [3.8, 4) is 6.07 Å². The number of hydrogen-bond donors (Lipinski definition) is 1. The average Bonchev–Trinajstić information content (AvgIpc) is 2.29. The fourth-order valence-corrected chi connectivity index (χ4v) is 2.25. The van der Waals surface area contributed by atoms with Crippen molar-refractivity contribution in [1.82, 2.24) is 5.32 Å². The van der Waals surface area contributed by atoms with E-state index in [1.54, 1.807) is 0 Å². The molecule has 0 amide bonds. The van der Waals surface area contributed by atoms with Crippen molar-refractivity contribution in [2.75, 3.05) is 0 Å². The lowest BCUT2D eigenvalue weighted by Crippen LogP contribution is -2.49. The molecule has 1 fully saturated rings. The van der Waals surface area contributed by atoms with Crippen LogP contribution in [0, 0.1) is 11.3 Å². The zero-order valence-corrected chi connectivity index (χ0v) is 9.79. The first-order valence-corrected chi connectivity index (χ1v) is 6.02. The Labute approximate surface area is 97.3 Å². The molecular formula is C14H18N2. The maximum atomic E-state index is 8.71. The van der Waals surface area contributed by atoms with Gasteiger partial charge in [-0.1, -0.05) is 19.1 Å². The minimum Gasteiger partial charge on any atom is -0.307 e. The zero-order valence-electron chi connectivity index (χ0n) is 9.79. The lowest BCUT2D eigenvalue weighted by atomic mass is 9.75. The fourth-order valence-electron chi connectivity index (χ4n) is 2.25. The van der Waals surface area contributed by atoms with Crippen molar-refractivity contribution in [3.63, 3.8) is 0 Å². The number of nitrogens with one attached hydrogen (secondary N) is 1. The minimum absolute atomic E-state index is 0.397. The summed E-state index contributed by atoms with van der Waals surface area (Å²) in [5.41, 5.74) is 2.39. The molecule has 2 heteroatoms. The summed E-state index contributed by atoms with van der Waals surface area (Å²) in [7, 11) is 0. The molecule has 0 saturated heterocycles. The summed E-state index contributed by atoms with van der Waals surface area (Å²) in [6, 6.07) is 9.98. The summed E-state index contributed by atoms with van der Waals surface area (Å²) in [5.74, 6) is 0. The monoisotopic (exact) mass is 214 g/mol. The van der Waals surface area contributed by atoms with Gasteiger partial charge in [0.05, 0.1) is 11.6 Å². The zero-order chi connectivity index (χ0) is 11.4. The average molecular weight is 214 g/mol. The molecule has 1 aromatic carbocycles. The van der Waals surface area contributed by atoms with E-state index in [0.29, 0.717) is 5.54 Å². The van der Waals surface area contributed by atoms with Crippen molar-refractivity contribution in [2.45, 2.75) is 44.7 Å². The third-order valence-corrected chi connectivity index (χ3v) is 3.74. The van der Waals surface area contributed by atoms with Crippen molar-refractivity contribution in [1.29, 1.82) is 5.26 Å². The van der Waals surface area contributed by atoms with Gasteiger partial charge < -0.3 is 5.32 Å². The van der Waals surface area contributed by atoms with Gasteiger partial charge in [-0.05, 0) is 43.4 Å². The minimum atomic E-state index is 0.397.